The standard InChI is InChI=1S/C34H32N2O4/c35-33(38)25(19-23-11-3-1-4-12-23)21-32(37)31(20-24-13-5-2-6-14-24)36-34(39)40-22-30-28-17-9-7-15-26(28)27-16-8-10-18-29(27)30/h1-18,25,30-31H,19-22H2,(H2,35,38)(H,36,39). The van der Waals surface area contributed by atoms with Crippen molar-refractivity contribution in [1.29, 1.82) is 0 Å². The first-order valence-electron chi connectivity index (χ1n) is 13.5. The van der Waals surface area contributed by atoms with E-state index in [1.165, 1.54) is 0 Å². The Balaban J connectivity index is 1.28. The lowest BCUT2D eigenvalue weighted by molar-refractivity contribution is -0.128. The number of hydrogen-bond donors (Lipinski definition) is 2. The Morgan fingerprint density at radius 2 is 1.20 bits per heavy atom. The minimum Gasteiger partial charge on any atom is -0.449 e. The Bertz CT molecular complexity index is 1440. The smallest absolute Gasteiger partial charge is 0.407 e. The quantitative estimate of drug-likeness (QED) is 0.269. The maximum atomic E-state index is 13.5. The number of rotatable bonds is 11. The highest BCUT2D eigenvalue weighted by Gasteiger charge is 2.31. The molecule has 2 unspecified atom stereocenters. The summed E-state index contributed by atoms with van der Waals surface area (Å²) in [5, 5.41) is 2.78. The number of nitrogens with one attached hydrogen (secondary N) is 1. The fourth-order valence-corrected chi connectivity index (χ4v) is 5.43. The van der Waals surface area contributed by atoms with Crippen molar-refractivity contribution >= 4 is 17.8 Å². The maximum Gasteiger partial charge on any atom is 0.407 e. The number of hydrogen-bond acceptors (Lipinski definition) is 4. The summed E-state index contributed by atoms with van der Waals surface area (Å²) in [6.07, 6.45) is -0.119. The molecule has 0 radical (unpaired) electrons. The molecule has 6 heteroatoms. The third-order valence-corrected chi connectivity index (χ3v) is 7.48. The van der Waals surface area contributed by atoms with Crippen molar-refractivity contribution in [3.63, 3.8) is 0 Å². The van der Waals surface area contributed by atoms with Gasteiger partial charge in [-0.25, -0.2) is 4.79 Å². The number of benzene rings is 4. The zero-order chi connectivity index (χ0) is 27.9. The molecule has 0 spiro atoms. The Morgan fingerprint density at radius 3 is 1.75 bits per heavy atom. The molecule has 202 valence electrons. The predicted octanol–water partition coefficient (Wildman–Crippen LogP) is 5.44. The number of fused-ring (bicyclic) bond motifs is 3. The zero-order valence-electron chi connectivity index (χ0n) is 22.2. The second-order valence-electron chi connectivity index (χ2n) is 10.2. The molecule has 4 aromatic carbocycles. The molecule has 0 aliphatic heterocycles. The van der Waals surface area contributed by atoms with Gasteiger partial charge in [0.15, 0.2) is 5.78 Å². The van der Waals surface area contributed by atoms with E-state index in [9.17, 15) is 14.4 Å². The molecule has 1 aliphatic carbocycles. The Hall–Kier alpha value is -4.71. The normalized spacial score (nSPS) is 13.5. The molecule has 1 aliphatic rings. The van der Waals surface area contributed by atoms with Crippen molar-refractivity contribution in [2.24, 2.45) is 11.7 Å². The Labute approximate surface area is 234 Å². The Morgan fingerprint density at radius 1 is 0.700 bits per heavy atom. The summed E-state index contributed by atoms with van der Waals surface area (Å²) in [5.74, 6) is -1.59. The maximum absolute atomic E-state index is 13.5. The van der Waals surface area contributed by atoms with Gasteiger partial charge >= 0.3 is 6.09 Å². The van der Waals surface area contributed by atoms with Gasteiger partial charge in [-0.05, 0) is 46.2 Å². The number of ketones is 1. The van der Waals surface area contributed by atoms with E-state index in [4.69, 9.17) is 10.5 Å². The monoisotopic (exact) mass is 532 g/mol. The van der Waals surface area contributed by atoms with Gasteiger partial charge in [0.1, 0.15) is 6.61 Å². The fourth-order valence-electron chi connectivity index (χ4n) is 5.43. The zero-order valence-corrected chi connectivity index (χ0v) is 22.2. The lowest BCUT2D eigenvalue weighted by atomic mass is 9.90. The number of primary amides is 1. The van der Waals surface area contributed by atoms with Gasteiger partial charge in [-0.1, -0.05) is 109 Å². The number of carbonyl (C=O) groups excluding carboxylic acids is 3. The summed E-state index contributed by atoms with van der Waals surface area (Å²) in [4.78, 5) is 38.8. The van der Waals surface area contributed by atoms with Crippen LogP contribution in [0, 0.1) is 5.92 Å². The van der Waals surface area contributed by atoms with Crippen LogP contribution in [-0.2, 0) is 27.2 Å². The van der Waals surface area contributed by atoms with Gasteiger partial charge in [-0.2, -0.15) is 0 Å². The fraction of sp³-hybridized carbons (Fsp3) is 0.206. The van der Waals surface area contributed by atoms with E-state index in [-0.39, 0.29) is 31.1 Å². The summed E-state index contributed by atoms with van der Waals surface area (Å²) in [6.45, 7) is 0.143. The van der Waals surface area contributed by atoms with Crippen molar-refractivity contribution in [2.75, 3.05) is 6.61 Å². The van der Waals surface area contributed by atoms with Crippen molar-refractivity contribution in [3.8, 4) is 11.1 Å². The Kier molecular flexibility index (Phi) is 8.35. The molecule has 0 heterocycles. The van der Waals surface area contributed by atoms with Crippen LogP contribution in [0.25, 0.3) is 11.1 Å². The molecule has 4 aromatic rings. The van der Waals surface area contributed by atoms with Gasteiger partial charge in [-0.3, -0.25) is 9.59 Å². The minimum absolute atomic E-state index is 0.0780. The second kappa shape index (κ2) is 12.4. The number of nitrogens with two attached hydrogens (primary N) is 1. The van der Waals surface area contributed by atoms with Gasteiger partial charge in [0, 0.05) is 18.3 Å². The van der Waals surface area contributed by atoms with E-state index in [1.807, 2.05) is 84.9 Å². The minimum atomic E-state index is -0.865. The largest absolute Gasteiger partial charge is 0.449 e. The van der Waals surface area contributed by atoms with Crippen LogP contribution in [0.1, 0.15) is 34.6 Å². The van der Waals surface area contributed by atoms with E-state index in [2.05, 4.69) is 29.6 Å². The first kappa shape index (κ1) is 26.9. The van der Waals surface area contributed by atoms with E-state index >= 15 is 0 Å². The first-order valence-corrected chi connectivity index (χ1v) is 13.5. The van der Waals surface area contributed by atoms with Crippen molar-refractivity contribution in [1.82, 2.24) is 5.32 Å². The van der Waals surface area contributed by atoms with Gasteiger partial charge in [-0.15, -0.1) is 0 Å². The molecule has 2 atom stereocenters. The van der Waals surface area contributed by atoms with Gasteiger partial charge in [0.05, 0.1) is 6.04 Å². The number of Topliss-reactive ketones (excluding diaryl/α,β-unsaturated/α-hetero) is 1. The van der Waals surface area contributed by atoms with Crippen LogP contribution in [0.4, 0.5) is 4.79 Å². The lowest BCUT2D eigenvalue weighted by Gasteiger charge is -2.21. The summed E-state index contributed by atoms with van der Waals surface area (Å²) >= 11 is 0. The van der Waals surface area contributed by atoms with Crippen LogP contribution in [0.3, 0.4) is 0 Å². The van der Waals surface area contributed by atoms with Crippen LogP contribution in [-0.4, -0.2) is 30.4 Å². The molecule has 0 fully saturated rings. The molecular weight excluding hydrogens is 500 g/mol. The lowest BCUT2D eigenvalue weighted by Crippen LogP contribution is -2.44. The summed E-state index contributed by atoms with van der Waals surface area (Å²) in [5.41, 5.74) is 12.0. The summed E-state index contributed by atoms with van der Waals surface area (Å²) in [7, 11) is 0. The van der Waals surface area contributed by atoms with E-state index in [1.54, 1.807) is 0 Å². The van der Waals surface area contributed by atoms with E-state index in [0.29, 0.717) is 6.42 Å². The van der Waals surface area contributed by atoms with Crippen LogP contribution in [0.5, 0.6) is 0 Å². The molecular formula is C34H32N2O4. The van der Waals surface area contributed by atoms with Crippen LogP contribution in [0.15, 0.2) is 109 Å². The van der Waals surface area contributed by atoms with Crippen LogP contribution < -0.4 is 11.1 Å². The molecule has 0 bridgehead atoms. The summed E-state index contributed by atoms with van der Waals surface area (Å²) < 4.78 is 5.71. The number of amides is 2. The average Bonchev–Trinajstić information content (AvgIpc) is 3.30. The average molecular weight is 533 g/mol. The highest BCUT2D eigenvalue weighted by atomic mass is 16.5. The van der Waals surface area contributed by atoms with Crippen molar-refractivity contribution in [2.45, 2.75) is 31.2 Å². The van der Waals surface area contributed by atoms with Gasteiger partial charge in [0.2, 0.25) is 5.91 Å². The van der Waals surface area contributed by atoms with Crippen molar-refractivity contribution < 1.29 is 19.1 Å². The number of ether oxygens (including phenoxy) is 1. The van der Waals surface area contributed by atoms with Crippen molar-refractivity contribution in [3.05, 3.63) is 131 Å². The van der Waals surface area contributed by atoms with Gasteiger partial charge in [0.25, 0.3) is 0 Å². The molecule has 6 nitrogen and oxygen atoms in total. The van der Waals surface area contributed by atoms with Crippen LogP contribution in [0.2, 0.25) is 0 Å². The molecule has 0 saturated heterocycles. The highest BCUT2D eigenvalue weighted by Crippen LogP contribution is 2.44. The number of alkyl carbamates (subject to hydrolysis) is 1. The third kappa shape index (κ3) is 6.29. The predicted molar refractivity (Wildman–Crippen MR) is 155 cm³/mol. The molecule has 5 rings (SSSR count). The topological polar surface area (TPSA) is 98.5 Å². The van der Waals surface area contributed by atoms with Crippen LogP contribution >= 0.6 is 0 Å². The molecule has 0 aromatic heterocycles. The number of carbonyl (C=O) groups is 3. The SMILES string of the molecule is NC(=O)C(CC(=O)C(Cc1ccccc1)NC(=O)OCC1c2ccccc2-c2ccccc21)Cc1ccccc1. The third-order valence-electron chi connectivity index (χ3n) is 7.48. The first-order chi connectivity index (χ1) is 19.5. The van der Waals surface area contributed by atoms with E-state index in [0.717, 1.165) is 33.4 Å². The highest BCUT2D eigenvalue weighted by molar-refractivity contribution is 5.91. The molecule has 40 heavy (non-hydrogen) atoms. The van der Waals surface area contributed by atoms with E-state index < -0.39 is 24.0 Å². The second-order valence-corrected chi connectivity index (χ2v) is 10.2. The van der Waals surface area contributed by atoms with Gasteiger partial charge < -0.3 is 15.8 Å². The molecule has 2 amide bonds. The molecule has 0 saturated carbocycles. The molecule has 3 N–H and O–H groups in total. The summed E-state index contributed by atoms with van der Waals surface area (Å²) in [6, 6.07) is 34.3.